The first-order chi connectivity index (χ1) is 6.97. The third-order valence-corrected chi connectivity index (χ3v) is 1.97. The monoisotopic (exact) mass is 236 g/mol. The van der Waals surface area contributed by atoms with E-state index < -0.39 is 18.0 Å². The van der Waals surface area contributed by atoms with Crippen LogP contribution in [0.5, 0.6) is 5.75 Å². The first kappa shape index (κ1) is 11.7. The fraction of sp³-hybridized carbons (Fsp3) is 0.222. The molecule has 0 bridgehead atoms. The fourth-order valence-corrected chi connectivity index (χ4v) is 1.39. The average Bonchev–Trinajstić information content (AvgIpc) is 2.16. The van der Waals surface area contributed by atoms with Crippen LogP contribution in [0.3, 0.4) is 0 Å². The molecule has 1 rings (SSSR count). The summed E-state index contributed by atoms with van der Waals surface area (Å²) in [6, 6.07) is 2.05. The zero-order valence-electron chi connectivity index (χ0n) is 7.63. The molecule has 0 amide bonds. The lowest BCUT2D eigenvalue weighted by Crippen LogP contribution is -2.04. The maximum atomic E-state index is 12.5. The third kappa shape index (κ3) is 2.36. The quantitative estimate of drug-likeness (QED) is 0.878. The van der Waals surface area contributed by atoms with Gasteiger partial charge in [-0.05, 0) is 12.1 Å². The normalized spacial score (nSPS) is 10.5. The number of halogens is 3. The number of alkyl halides is 2. The van der Waals surface area contributed by atoms with Crippen LogP contribution in [0.4, 0.5) is 8.78 Å². The van der Waals surface area contributed by atoms with E-state index in [4.69, 9.17) is 16.7 Å². The molecule has 0 radical (unpaired) electrons. The zero-order chi connectivity index (χ0) is 11.6. The molecule has 3 nitrogen and oxygen atoms in total. The Morgan fingerprint density at radius 2 is 2.13 bits per heavy atom. The summed E-state index contributed by atoms with van der Waals surface area (Å²) in [5, 5.41) is 8.68. The number of hydrogen-bond donors (Lipinski definition) is 1. The van der Waals surface area contributed by atoms with Gasteiger partial charge in [-0.15, -0.1) is 0 Å². The standard InChI is InChI=1S/C9H7ClF2O3/c1-15-7-5(8(11)12)2-4(10)3-6(7)9(13)14/h2-3,8H,1H3,(H,13,14). The van der Waals surface area contributed by atoms with Gasteiger partial charge in [-0.2, -0.15) is 0 Å². The van der Waals surface area contributed by atoms with Crippen LogP contribution in [0.2, 0.25) is 5.02 Å². The van der Waals surface area contributed by atoms with Crippen LogP contribution in [0.1, 0.15) is 22.3 Å². The van der Waals surface area contributed by atoms with Gasteiger partial charge in [0.15, 0.2) is 0 Å². The molecule has 0 atom stereocenters. The summed E-state index contributed by atoms with van der Waals surface area (Å²) < 4.78 is 29.6. The summed E-state index contributed by atoms with van der Waals surface area (Å²) in [5.41, 5.74) is -0.900. The van der Waals surface area contributed by atoms with Crippen molar-refractivity contribution in [3.8, 4) is 5.75 Å². The van der Waals surface area contributed by atoms with Crippen LogP contribution in [0.15, 0.2) is 12.1 Å². The third-order valence-electron chi connectivity index (χ3n) is 1.75. The SMILES string of the molecule is COc1c(C(=O)O)cc(Cl)cc1C(F)F. The predicted molar refractivity (Wildman–Crippen MR) is 49.9 cm³/mol. The summed E-state index contributed by atoms with van der Waals surface area (Å²) in [7, 11) is 1.13. The van der Waals surface area contributed by atoms with E-state index in [1.54, 1.807) is 0 Å². The Morgan fingerprint density at radius 3 is 2.53 bits per heavy atom. The van der Waals surface area contributed by atoms with E-state index >= 15 is 0 Å². The minimum atomic E-state index is -2.84. The second-order valence-electron chi connectivity index (χ2n) is 2.68. The number of ether oxygens (including phenoxy) is 1. The van der Waals surface area contributed by atoms with E-state index in [-0.39, 0.29) is 16.3 Å². The van der Waals surface area contributed by atoms with Gasteiger partial charge in [0.05, 0.1) is 12.7 Å². The fourth-order valence-electron chi connectivity index (χ4n) is 1.16. The first-order valence-corrected chi connectivity index (χ1v) is 4.24. The number of aromatic carboxylic acids is 1. The molecule has 0 aromatic heterocycles. The Morgan fingerprint density at radius 1 is 1.53 bits per heavy atom. The van der Waals surface area contributed by atoms with Gasteiger partial charge >= 0.3 is 5.97 Å². The lowest BCUT2D eigenvalue weighted by atomic mass is 10.1. The van der Waals surface area contributed by atoms with Crippen LogP contribution in [0.25, 0.3) is 0 Å². The van der Waals surface area contributed by atoms with Crippen LogP contribution < -0.4 is 4.74 Å². The topological polar surface area (TPSA) is 46.5 Å². The molecule has 0 saturated heterocycles. The molecule has 15 heavy (non-hydrogen) atoms. The number of carbonyl (C=O) groups is 1. The van der Waals surface area contributed by atoms with Gasteiger partial charge in [0, 0.05) is 5.02 Å². The molecule has 6 heteroatoms. The largest absolute Gasteiger partial charge is 0.495 e. The summed E-state index contributed by atoms with van der Waals surface area (Å²) in [4.78, 5) is 10.7. The lowest BCUT2D eigenvalue weighted by Gasteiger charge is -2.11. The molecule has 0 heterocycles. The van der Waals surface area contributed by atoms with E-state index in [9.17, 15) is 13.6 Å². The minimum Gasteiger partial charge on any atom is -0.495 e. The maximum absolute atomic E-state index is 12.5. The second kappa shape index (κ2) is 4.44. The van der Waals surface area contributed by atoms with Crippen molar-refractivity contribution in [2.24, 2.45) is 0 Å². The molecular weight excluding hydrogens is 230 g/mol. The molecule has 82 valence electrons. The van der Waals surface area contributed by atoms with Crippen molar-refractivity contribution >= 4 is 17.6 Å². The second-order valence-corrected chi connectivity index (χ2v) is 3.12. The van der Waals surface area contributed by atoms with Crippen molar-refractivity contribution in [2.45, 2.75) is 6.43 Å². The highest BCUT2D eigenvalue weighted by Crippen LogP contribution is 2.34. The highest BCUT2D eigenvalue weighted by Gasteiger charge is 2.21. The number of carboxylic acids is 1. The van der Waals surface area contributed by atoms with Gasteiger partial charge in [0.25, 0.3) is 6.43 Å². The molecule has 1 N–H and O–H groups in total. The number of hydrogen-bond acceptors (Lipinski definition) is 2. The van der Waals surface area contributed by atoms with Crippen molar-refractivity contribution in [3.05, 3.63) is 28.3 Å². The van der Waals surface area contributed by atoms with Crippen molar-refractivity contribution in [3.63, 3.8) is 0 Å². The number of carboxylic acid groups (broad SMARTS) is 1. The molecule has 0 aliphatic rings. The van der Waals surface area contributed by atoms with Crippen molar-refractivity contribution < 1.29 is 23.4 Å². The zero-order valence-corrected chi connectivity index (χ0v) is 8.39. The molecule has 0 spiro atoms. The van der Waals surface area contributed by atoms with Crippen LogP contribution in [-0.2, 0) is 0 Å². The van der Waals surface area contributed by atoms with E-state index in [1.165, 1.54) is 0 Å². The molecule has 0 aliphatic carbocycles. The van der Waals surface area contributed by atoms with E-state index in [0.717, 1.165) is 19.2 Å². The Bertz CT molecular complexity index is 393. The van der Waals surface area contributed by atoms with Gasteiger partial charge < -0.3 is 9.84 Å². The van der Waals surface area contributed by atoms with Crippen LogP contribution in [-0.4, -0.2) is 18.2 Å². The summed E-state index contributed by atoms with van der Waals surface area (Å²) >= 11 is 5.51. The Balaban J connectivity index is 3.45. The molecule has 1 aromatic carbocycles. The highest BCUT2D eigenvalue weighted by atomic mass is 35.5. The average molecular weight is 237 g/mol. The van der Waals surface area contributed by atoms with Crippen LogP contribution in [0, 0.1) is 0 Å². The van der Waals surface area contributed by atoms with Gasteiger partial charge in [0.2, 0.25) is 0 Å². The van der Waals surface area contributed by atoms with E-state index in [1.807, 2.05) is 0 Å². The van der Waals surface area contributed by atoms with Crippen molar-refractivity contribution in [1.82, 2.24) is 0 Å². The van der Waals surface area contributed by atoms with E-state index in [0.29, 0.717) is 0 Å². The van der Waals surface area contributed by atoms with Gasteiger partial charge in [-0.3, -0.25) is 0 Å². The summed E-state index contributed by atoms with van der Waals surface area (Å²) in [6.45, 7) is 0. The summed E-state index contributed by atoms with van der Waals surface area (Å²) in [6.07, 6.45) is -2.84. The molecule has 0 unspecified atom stereocenters. The van der Waals surface area contributed by atoms with Crippen LogP contribution >= 0.6 is 11.6 Å². The molecule has 0 fully saturated rings. The Hall–Kier alpha value is -1.36. The molecular formula is C9H7ClF2O3. The predicted octanol–water partition coefficient (Wildman–Crippen LogP) is 2.98. The maximum Gasteiger partial charge on any atom is 0.339 e. The lowest BCUT2D eigenvalue weighted by molar-refractivity contribution is 0.0692. The number of rotatable bonds is 3. The summed E-state index contributed by atoms with van der Waals surface area (Å²) in [5.74, 6) is -1.72. The molecule has 0 aliphatic heterocycles. The number of methoxy groups -OCH3 is 1. The van der Waals surface area contributed by atoms with Crippen molar-refractivity contribution in [2.75, 3.05) is 7.11 Å². The smallest absolute Gasteiger partial charge is 0.339 e. The Labute approximate surface area is 89.2 Å². The molecule has 1 aromatic rings. The van der Waals surface area contributed by atoms with Crippen molar-refractivity contribution in [1.29, 1.82) is 0 Å². The molecule has 0 saturated carbocycles. The first-order valence-electron chi connectivity index (χ1n) is 3.86. The van der Waals surface area contributed by atoms with Gasteiger partial charge in [-0.1, -0.05) is 11.6 Å². The van der Waals surface area contributed by atoms with Gasteiger partial charge in [0.1, 0.15) is 11.3 Å². The minimum absolute atomic E-state index is 0.0662. The highest BCUT2D eigenvalue weighted by molar-refractivity contribution is 6.31. The Kier molecular flexibility index (Phi) is 3.47. The number of benzene rings is 1. The van der Waals surface area contributed by atoms with Gasteiger partial charge in [-0.25, -0.2) is 13.6 Å². The van der Waals surface area contributed by atoms with E-state index in [2.05, 4.69) is 4.74 Å².